The van der Waals surface area contributed by atoms with Crippen LogP contribution in [0.2, 0.25) is 5.02 Å². The van der Waals surface area contributed by atoms with E-state index >= 15 is 0 Å². The molecular weight excluding hydrogens is 404 g/mol. The number of benzene rings is 2. The summed E-state index contributed by atoms with van der Waals surface area (Å²) in [5.41, 5.74) is 0.782. The highest BCUT2D eigenvalue weighted by atomic mass is 35.5. The van der Waals surface area contributed by atoms with E-state index in [-0.39, 0.29) is 6.42 Å². The van der Waals surface area contributed by atoms with Crippen molar-refractivity contribution in [2.45, 2.75) is 19.4 Å². The average Bonchev–Trinajstić information content (AvgIpc) is 2.64. The summed E-state index contributed by atoms with van der Waals surface area (Å²) in [6.45, 7) is 1.74. The predicted octanol–water partition coefficient (Wildman–Crippen LogP) is 3.54. The van der Waals surface area contributed by atoms with Crippen LogP contribution in [-0.4, -0.2) is 40.8 Å². The second-order valence-corrected chi connectivity index (χ2v) is 8.32. The van der Waals surface area contributed by atoms with Crippen LogP contribution in [0.1, 0.15) is 13.3 Å². The van der Waals surface area contributed by atoms with Gasteiger partial charge in [-0.3, -0.25) is 9.10 Å². The lowest BCUT2D eigenvalue weighted by Gasteiger charge is -2.30. The van der Waals surface area contributed by atoms with Gasteiger partial charge in [0.2, 0.25) is 15.9 Å². The van der Waals surface area contributed by atoms with Gasteiger partial charge < -0.3 is 14.8 Å². The second-order valence-electron chi connectivity index (χ2n) is 6.02. The van der Waals surface area contributed by atoms with Gasteiger partial charge in [0.1, 0.15) is 6.04 Å². The number of ether oxygens (including phenoxy) is 2. The molecule has 7 nitrogen and oxygen atoms in total. The van der Waals surface area contributed by atoms with Gasteiger partial charge in [-0.2, -0.15) is 0 Å². The van der Waals surface area contributed by atoms with Gasteiger partial charge in [0.25, 0.3) is 0 Å². The van der Waals surface area contributed by atoms with E-state index in [4.69, 9.17) is 21.1 Å². The smallest absolute Gasteiger partial charge is 0.248 e. The van der Waals surface area contributed by atoms with Gasteiger partial charge >= 0.3 is 0 Å². The van der Waals surface area contributed by atoms with Crippen molar-refractivity contribution in [3.05, 3.63) is 47.5 Å². The van der Waals surface area contributed by atoms with E-state index in [1.54, 1.807) is 43.3 Å². The molecule has 1 N–H and O–H groups in total. The van der Waals surface area contributed by atoms with Gasteiger partial charge in [-0.1, -0.05) is 24.6 Å². The SMILES string of the molecule is CCC(C(=O)Nc1ccc(OC)c(OC)c1)N(c1cccc(Cl)c1)S(C)(=O)=O. The molecule has 0 aliphatic carbocycles. The first kappa shape index (κ1) is 21.8. The Kier molecular flexibility index (Phi) is 7.15. The molecule has 2 aromatic carbocycles. The van der Waals surface area contributed by atoms with Crippen molar-refractivity contribution in [3.8, 4) is 11.5 Å². The van der Waals surface area contributed by atoms with Crippen LogP contribution in [-0.2, 0) is 14.8 Å². The number of nitrogens with one attached hydrogen (secondary N) is 1. The molecule has 0 fully saturated rings. The van der Waals surface area contributed by atoms with Crippen LogP contribution < -0.4 is 19.1 Å². The number of methoxy groups -OCH3 is 2. The first-order chi connectivity index (χ1) is 13.2. The molecule has 1 atom stereocenters. The van der Waals surface area contributed by atoms with Crippen molar-refractivity contribution in [2.75, 3.05) is 30.1 Å². The van der Waals surface area contributed by atoms with Crippen molar-refractivity contribution in [1.29, 1.82) is 0 Å². The lowest BCUT2D eigenvalue weighted by atomic mass is 10.1. The van der Waals surface area contributed by atoms with Crippen molar-refractivity contribution in [3.63, 3.8) is 0 Å². The quantitative estimate of drug-likeness (QED) is 0.697. The van der Waals surface area contributed by atoms with E-state index in [9.17, 15) is 13.2 Å². The zero-order chi connectivity index (χ0) is 20.9. The molecule has 28 heavy (non-hydrogen) atoms. The minimum absolute atomic E-state index is 0.263. The molecular formula is C19H23ClN2O5S. The first-order valence-corrected chi connectivity index (χ1v) is 10.7. The van der Waals surface area contributed by atoms with Gasteiger partial charge in [-0.15, -0.1) is 0 Å². The number of hydrogen-bond acceptors (Lipinski definition) is 5. The maximum Gasteiger partial charge on any atom is 0.248 e. The summed E-state index contributed by atoms with van der Waals surface area (Å²) in [6, 6.07) is 10.3. The zero-order valence-electron chi connectivity index (χ0n) is 16.1. The Hall–Kier alpha value is -2.45. The number of anilines is 2. The van der Waals surface area contributed by atoms with Crippen LogP contribution in [0, 0.1) is 0 Å². The van der Waals surface area contributed by atoms with Crippen LogP contribution >= 0.6 is 11.6 Å². The van der Waals surface area contributed by atoms with Crippen LogP contribution in [0.15, 0.2) is 42.5 Å². The van der Waals surface area contributed by atoms with Crippen molar-refractivity contribution < 1.29 is 22.7 Å². The summed E-state index contributed by atoms with van der Waals surface area (Å²) >= 11 is 6.01. The third kappa shape index (κ3) is 5.08. The Morgan fingerprint density at radius 1 is 1.14 bits per heavy atom. The summed E-state index contributed by atoms with van der Waals surface area (Å²) < 4.78 is 36.4. The fraction of sp³-hybridized carbons (Fsp3) is 0.316. The highest BCUT2D eigenvalue weighted by Crippen LogP contribution is 2.30. The fourth-order valence-corrected chi connectivity index (χ4v) is 4.20. The number of halogens is 1. The number of sulfonamides is 1. The maximum absolute atomic E-state index is 12.9. The number of amides is 1. The molecule has 152 valence electrons. The molecule has 0 spiro atoms. The lowest BCUT2D eigenvalue weighted by Crippen LogP contribution is -2.47. The monoisotopic (exact) mass is 426 g/mol. The van der Waals surface area contributed by atoms with E-state index in [0.29, 0.717) is 27.9 Å². The number of rotatable bonds is 8. The Morgan fingerprint density at radius 3 is 2.36 bits per heavy atom. The van der Waals surface area contributed by atoms with Crippen LogP contribution in [0.3, 0.4) is 0 Å². The van der Waals surface area contributed by atoms with Crippen molar-refractivity contribution in [2.24, 2.45) is 0 Å². The molecule has 0 radical (unpaired) electrons. The van der Waals surface area contributed by atoms with Gasteiger partial charge in [0.05, 0.1) is 26.2 Å². The molecule has 0 aliphatic rings. The molecule has 1 amide bonds. The van der Waals surface area contributed by atoms with E-state index in [1.807, 2.05) is 0 Å². The maximum atomic E-state index is 12.9. The third-order valence-electron chi connectivity index (χ3n) is 4.04. The van der Waals surface area contributed by atoms with E-state index in [2.05, 4.69) is 5.32 Å². The van der Waals surface area contributed by atoms with E-state index < -0.39 is 22.0 Å². The van der Waals surface area contributed by atoms with Crippen molar-refractivity contribution >= 4 is 38.9 Å². The predicted molar refractivity (Wildman–Crippen MR) is 111 cm³/mol. The van der Waals surface area contributed by atoms with E-state index in [0.717, 1.165) is 10.6 Å². The molecule has 9 heteroatoms. The van der Waals surface area contributed by atoms with Gasteiger partial charge in [-0.05, 0) is 36.8 Å². The van der Waals surface area contributed by atoms with Crippen molar-refractivity contribution in [1.82, 2.24) is 0 Å². The highest BCUT2D eigenvalue weighted by molar-refractivity contribution is 7.92. The Balaban J connectivity index is 2.37. The third-order valence-corrected chi connectivity index (χ3v) is 5.46. The summed E-state index contributed by atoms with van der Waals surface area (Å²) in [6.07, 6.45) is 1.32. The number of carbonyl (C=O) groups is 1. The molecule has 1 unspecified atom stereocenters. The summed E-state index contributed by atoms with van der Waals surface area (Å²) in [4.78, 5) is 12.9. The molecule has 0 aliphatic heterocycles. The van der Waals surface area contributed by atoms with Crippen LogP contribution in [0.4, 0.5) is 11.4 Å². The Morgan fingerprint density at radius 2 is 1.82 bits per heavy atom. The van der Waals surface area contributed by atoms with Gasteiger partial charge in [0.15, 0.2) is 11.5 Å². The first-order valence-electron chi connectivity index (χ1n) is 8.49. The largest absolute Gasteiger partial charge is 0.493 e. The molecule has 0 bridgehead atoms. The molecule has 2 aromatic rings. The van der Waals surface area contributed by atoms with E-state index in [1.165, 1.54) is 20.3 Å². The van der Waals surface area contributed by atoms with Gasteiger partial charge in [0, 0.05) is 16.8 Å². The Labute approximate surface area is 170 Å². The minimum Gasteiger partial charge on any atom is -0.493 e. The standard InChI is InChI=1S/C19H23ClN2O5S/c1-5-16(22(28(4,24)25)15-8-6-7-13(20)11-15)19(23)21-14-9-10-17(26-2)18(12-14)27-3/h6-12,16H,5H2,1-4H3,(H,21,23). The summed E-state index contributed by atoms with van der Waals surface area (Å²) in [7, 11) is -0.737. The average molecular weight is 427 g/mol. The normalized spacial score (nSPS) is 12.2. The minimum atomic E-state index is -3.74. The highest BCUT2D eigenvalue weighted by Gasteiger charge is 2.31. The molecule has 0 heterocycles. The fourth-order valence-electron chi connectivity index (χ4n) is 2.81. The van der Waals surface area contributed by atoms with Crippen LogP contribution in [0.5, 0.6) is 11.5 Å². The molecule has 0 aromatic heterocycles. The Bertz CT molecular complexity index is 949. The van der Waals surface area contributed by atoms with Gasteiger partial charge in [-0.25, -0.2) is 8.42 Å². The summed E-state index contributed by atoms with van der Waals surface area (Å²) in [5, 5.41) is 3.12. The topological polar surface area (TPSA) is 84.9 Å². The second kappa shape index (κ2) is 9.16. The molecule has 0 saturated heterocycles. The molecule has 0 saturated carbocycles. The zero-order valence-corrected chi connectivity index (χ0v) is 17.7. The number of carbonyl (C=O) groups excluding carboxylic acids is 1. The number of nitrogens with zero attached hydrogens (tertiary/aromatic N) is 1. The van der Waals surface area contributed by atoms with Crippen LogP contribution in [0.25, 0.3) is 0 Å². The molecule has 2 rings (SSSR count). The number of hydrogen-bond donors (Lipinski definition) is 1. The lowest BCUT2D eigenvalue weighted by molar-refractivity contribution is -0.117. The summed E-state index contributed by atoms with van der Waals surface area (Å²) in [5.74, 6) is 0.493.